The molecule has 0 bridgehead atoms. The minimum absolute atomic E-state index is 0. The number of carboxylic acids is 1. The molecule has 6 fully saturated rings. The van der Waals surface area contributed by atoms with Gasteiger partial charge in [0.15, 0.2) is 0 Å². The number of aromatic amines is 1. The smallest absolute Gasteiger partial charge is 0.407 e. The number of nitrogens with one attached hydrogen (secondary N) is 8. The number of amides is 5. The predicted octanol–water partition coefficient (Wildman–Crippen LogP) is 12.8. The Morgan fingerprint density at radius 1 is 0.496 bits per heavy atom. The van der Waals surface area contributed by atoms with E-state index in [-0.39, 0.29) is 142 Å². The van der Waals surface area contributed by atoms with E-state index < -0.39 is 47.9 Å². The van der Waals surface area contributed by atoms with Crippen molar-refractivity contribution in [2.75, 3.05) is 84.6 Å². The van der Waals surface area contributed by atoms with E-state index in [9.17, 15) is 28.8 Å². The number of aliphatic carboxylic acids is 1. The number of ether oxygens (including phenoxy) is 5. The molecule has 6 aromatic carbocycles. The van der Waals surface area contributed by atoms with Gasteiger partial charge < -0.3 is 80.8 Å². The zero-order chi connectivity index (χ0) is 77.1. The van der Waals surface area contributed by atoms with E-state index >= 15 is 0 Å². The Labute approximate surface area is 732 Å². The fourth-order valence-corrected chi connectivity index (χ4v) is 16.4. The Kier molecular flexibility index (Phi) is 34.3. The first-order chi connectivity index (χ1) is 53.1. The molecule has 6 saturated heterocycles. The minimum Gasteiger partial charge on any atom is -0.480 e. The molecule has 33 heteroatoms. The number of carboxylic acid groups (broad SMARTS) is 1. The second-order valence-corrected chi connectivity index (χ2v) is 31.1. The number of rotatable bonds is 17. The van der Waals surface area contributed by atoms with Crippen LogP contribution in [0.5, 0.6) is 0 Å². The Bertz CT molecular complexity index is 4830. The molecule has 9 aliphatic rings. The van der Waals surface area contributed by atoms with Gasteiger partial charge in [0.05, 0.1) is 83.8 Å². The van der Waals surface area contributed by atoms with E-state index in [2.05, 4.69) is 161 Å². The summed E-state index contributed by atoms with van der Waals surface area (Å²) < 4.78 is 25.3. The van der Waals surface area contributed by atoms with Crippen LogP contribution in [0, 0.1) is 17.8 Å². The van der Waals surface area contributed by atoms with Gasteiger partial charge in [-0.3, -0.25) is 24.6 Å². The Morgan fingerprint density at radius 3 is 1.36 bits per heavy atom. The molecule has 7 aromatic rings. The quantitative estimate of drug-likeness (QED) is 0.0383. The summed E-state index contributed by atoms with van der Waals surface area (Å²) >= 11 is 0. The number of fused-ring (bicyclic) bond motifs is 6. The first kappa shape index (κ1) is 96.0. The van der Waals surface area contributed by atoms with Crippen LogP contribution >= 0.6 is 94.5 Å². The molecular weight excluding hydrogens is 1620 g/mol. The first-order valence-electron chi connectivity index (χ1n) is 38.5. The lowest BCUT2D eigenvalue weighted by molar-refractivity contribution is -0.140. The number of aromatic nitrogens is 2. The van der Waals surface area contributed by atoms with Crippen molar-refractivity contribution in [3.63, 3.8) is 0 Å². The van der Waals surface area contributed by atoms with Crippen LogP contribution in [0.1, 0.15) is 128 Å². The fraction of sp³-hybridized carbons (Fsp3) is 0.452. The summed E-state index contributed by atoms with van der Waals surface area (Å²) in [6.45, 7) is 16.7. The van der Waals surface area contributed by atoms with Crippen LogP contribution < -0.4 is 37.2 Å². The van der Waals surface area contributed by atoms with Crippen molar-refractivity contribution in [3.05, 3.63) is 144 Å². The molecule has 26 nitrogen and oxygen atoms in total. The number of carbonyl (C=O) groups excluding carboxylic acids is 5. The molecular formula is C84H114N14O12S7. The summed E-state index contributed by atoms with van der Waals surface area (Å²) in [7, 11) is 3.79. The van der Waals surface area contributed by atoms with Crippen LogP contribution in [-0.2, 0) is 49.1 Å². The van der Waals surface area contributed by atoms with E-state index in [4.69, 9.17) is 39.0 Å². The number of likely N-dealkylation sites (tertiary alicyclic amines) is 2. The lowest BCUT2D eigenvalue weighted by atomic mass is 9.84. The number of benzene rings is 6. The molecule has 16 rings (SSSR count). The number of imidazole rings is 1. The van der Waals surface area contributed by atoms with Crippen molar-refractivity contribution in [2.24, 2.45) is 32.7 Å². The summed E-state index contributed by atoms with van der Waals surface area (Å²) in [6.07, 6.45) is 10.6. The fourth-order valence-electron chi connectivity index (χ4n) is 16.4. The molecule has 7 atom stereocenters. The second kappa shape index (κ2) is 41.7. The third kappa shape index (κ3) is 20.7. The molecule has 0 saturated carbocycles. The molecule has 117 heavy (non-hydrogen) atoms. The third-order valence-electron chi connectivity index (χ3n) is 22.7. The summed E-state index contributed by atoms with van der Waals surface area (Å²) in [5.41, 5.74) is 13.6. The Balaban J connectivity index is 0.000000284. The molecule has 5 amide bonds. The number of aliphatic imine (C=N–C) groups is 3. The highest BCUT2D eigenvalue weighted by molar-refractivity contribution is 7.60. The second-order valence-electron chi connectivity index (χ2n) is 31.1. The van der Waals surface area contributed by atoms with Crippen LogP contribution in [0.15, 0.2) is 137 Å². The SMILES string of the molecule is COC(=O)NC(C(=O)N1CCC[C@H]1C1=NC=C(c2ccc3cc(-c4ccc5c(c4)NC([C@@H]4CCCN4C(=O)[C@@H](NC(=O)OC)C(C)C)=NC54COC4)ccc3c2)C1)C(C)C.COC(=O)N[C@H](C(=O)O)C(C)C.S.S.S.S.S.S.S.c1cc2c(cc1-c1ccc3cc(-c4cnc([C@@H]5CCCN5)[nH]4)ccc3c1)NC([C@@H]1CCCN1)=NC21COC1. The summed E-state index contributed by atoms with van der Waals surface area (Å²) in [5, 5.41) is 35.4. The van der Waals surface area contributed by atoms with Gasteiger partial charge in [-0.05, 0) is 174 Å². The van der Waals surface area contributed by atoms with E-state index in [1.54, 1.807) is 13.8 Å². The van der Waals surface area contributed by atoms with Crippen LogP contribution in [0.3, 0.4) is 0 Å². The van der Waals surface area contributed by atoms with E-state index in [1.165, 1.54) is 67.2 Å². The topological polar surface area (TPSA) is 325 Å². The highest BCUT2D eigenvalue weighted by Gasteiger charge is 2.49. The first-order valence-corrected chi connectivity index (χ1v) is 38.5. The molecule has 0 radical (unpaired) electrons. The number of alkyl carbamates (subject to hydrolysis) is 3. The van der Waals surface area contributed by atoms with Crippen molar-refractivity contribution < 1.29 is 57.6 Å². The Hall–Kier alpha value is -8.09. The number of nitrogens with zero attached hydrogens (tertiary/aromatic N) is 6. The zero-order valence-electron chi connectivity index (χ0n) is 67.5. The molecule has 2 spiro atoms. The van der Waals surface area contributed by atoms with Gasteiger partial charge in [0, 0.05) is 59.5 Å². The molecule has 9 N–H and O–H groups in total. The van der Waals surface area contributed by atoms with Gasteiger partial charge in [0.25, 0.3) is 0 Å². The van der Waals surface area contributed by atoms with Crippen LogP contribution in [-0.4, -0.2) is 189 Å². The summed E-state index contributed by atoms with van der Waals surface area (Å²) in [4.78, 5) is 100. The van der Waals surface area contributed by atoms with Crippen molar-refractivity contribution in [1.29, 1.82) is 0 Å². The average Bonchev–Trinajstić information content (AvgIpc) is 1.14. The lowest BCUT2D eigenvalue weighted by Crippen LogP contribution is -2.56. The average molecular weight is 1740 g/mol. The van der Waals surface area contributed by atoms with Gasteiger partial charge in [-0.15, -0.1) is 0 Å². The minimum atomic E-state index is -1.06. The highest BCUT2D eigenvalue weighted by Crippen LogP contribution is 2.46. The maximum absolute atomic E-state index is 13.9. The van der Waals surface area contributed by atoms with Gasteiger partial charge in [-0.25, -0.2) is 24.2 Å². The summed E-state index contributed by atoms with van der Waals surface area (Å²) in [6, 6.07) is 37.6. The molecule has 1 aromatic heterocycles. The van der Waals surface area contributed by atoms with Gasteiger partial charge in [-0.1, -0.05) is 114 Å². The van der Waals surface area contributed by atoms with Crippen LogP contribution in [0.4, 0.5) is 25.8 Å². The molecule has 10 heterocycles. The van der Waals surface area contributed by atoms with Gasteiger partial charge in [-0.2, -0.15) is 94.5 Å². The van der Waals surface area contributed by atoms with E-state index in [1.807, 2.05) is 49.9 Å². The number of carbonyl (C=O) groups is 6. The van der Waals surface area contributed by atoms with Crippen LogP contribution in [0.25, 0.3) is 60.6 Å². The number of H-pyrrole nitrogens is 1. The number of anilines is 2. The highest BCUT2D eigenvalue weighted by atomic mass is 32.1. The van der Waals surface area contributed by atoms with E-state index in [0.717, 1.165) is 130 Å². The standard InChI is InChI=1S/C46H55N7O7.C31H32N6O.C7H13NO4.7H2S/c1-26(2)39(49-44(56)58-5)42(54)52-17-7-9-37(52)36-22-33(23-47-36)31-14-13-28-19-30(12-11-29(28)20-31)32-15-16-34-35(21-32)48-41(51-46(34)24-60-25-46)38-10-8-18-53(38)43(55)40(27(3)4)50-45(57)59-6;1-3-25(32-11-1)29-34-16-28(36-29)23-8-7-19-13-20(5-6-21(19)14-23)22-9-10-24-27(15-22)35-30(26-4-2-12-33-26)37-31(24)17-38-18-31;1-4(2)5(6(9)10)8-7(11)12-3;;;;;;;/h11-16,19-21,23,26-27,37-40H,7-10,17-18,22,24-25H2,1-6H3,(H,48,51)(H,49,56)(H,50,57);5-10,13-16,25-26,32-33H,1-4,11-12,17-18H2,(H,34,36)(H,35,37);4-5H,1-3H3,(H,8,11)(H,9,10);7*1H2/t37-,38-,39?,40-;25-,26-;5-;;;;;;;/m000......./s1. The maximum Gasteiger partial charge on any atom is 0.407 e. The van der Waals surface area contributed by atoms with Crippen molar-refractivity contribution >= 4 is 186 Å². The predicted molar refractivity (Wildman–Crippen MR) is 497 cm³/mol. The normalized spacial score (nSPS) is 20.0. The number of allylic oxidation sites excluding steroid dienone is 1. The number of methoxy groups -OCH3 is 3. The number of amidine groups is 2. The molecule has 1 unspecified atom stereocenters. The van der Waals surface area contributed by atoms with Gasteiger partial charge in [0.1, 0.15) is 46.7 Å². The summed E-state index contributed by atoms with van der Waals surface area (Å²) in [5.74, 6) is 1.16. The monoisotopic (exact) mass is 1730 g/mol. The van der Waals surface area contributed by atoms with Crippen LogP contribution in [0.2, 0.25) is 0 Å². The van der Waals surface area contributed by atoms with Gasteiger partial charge in [0.2, 0.25) is 11.8 Å². The molecule has 0 aliphatic carbocycles. The molecule has 634 valence electrons. The number of hydrogen-bond donors (Lipinski definition) is 9. The van der Waals surface area contributed by atoms with E-state index in [0.29, 0.717) is 58.0 Å². The van der Waals surface area contributed by atoms with Crippen molar-refractivity contribution in [1.82, 2.24) is 46.4 Å². The largest absolute Gasteiger partial charge is 0.480 e. The third-order valence-corrected chi connectivity index (χ3v) is 22.7. The maximum atomic E-state index is 13.9. The number of hydrogen-bond acceptors (Lipinski definition) is 19. The zero-order valence-corrected chi connectivity index (χ0v) is 74.5. The van der Waals surface area contributed by atoms with Crippen molar-refractivity contribution in [3.8, 4) is 33.5 Å². The Morgan fingerprint density at radius 2 is 0.906 bits per heavy atom. The van der Waals surface area contributed by atoms with Crippen molar-refractivity contribution in [2.45, 2.75) is 153 Å². The van der Waals surface area contributed by atoms with Gasteiger partial charge >= 0.3 is 24.2 Å². The lowest BCUT2D eigenvalue weighted by Gasteiger charge is -2.44. The molecule has 9 aliphatic heterocycles.